The maximum Gasteiger partial charge on any atom is 0.312 e. The van der Waals surface area contributed by atoms with Crippen LogP contribution in [0.3, 0.4) is 0 Å². The predicted octanol–water partition coefficient (Wildman–Crippen LogP) is 0.471. The highest BCUT2D eigenvalue weighted by molar-refractivity contribution is 7.89. The van der Waals surface area contributed by atoms with Crippen LogP contribution in [-0.2, 0) is 14.8 Å². The third kappa shape index (κ3) is 3.73. The number of rotatable bonds is 6. The molecule has 0 radical (unpaired) electrons. The normalized spacial score (nSPS) is 11.1. The van der Waals surface area contributed by atoms with E-state index >= 15 is 0 Å². The Labute approximate surface area is 109 Å². The highest BCUT2D eigenvalue weighted by Crippen LogP contribution is 2.29. The zero-order valence-electron chi connectivity index (χ0n) is 10.2. The quantitative estimate of drug-likeness (QED) is 0.601. The molecule has 1 aromatic rings. The molecule has 0 bridgehead atoms. The van der Waals surface area contributed by atoms with Gasteiger partial charge in [-0.2, -0.15) is 0 Å². The Morgan fingerprint density at radius 2 is 2.11 bits per heavy atom. The molecule has 104 valence electrons. The van der Waals surface area contributed by atoms with Gasteiger partial charge in [-0.3, -0.25) is 14.9 Å². The van der Waals surface area contributed by atoms with Crippen molar-refractivity contribution in [2.75, 3.05) is 13.7 Å². The average Bonchev–Trinajstić information content (AvgIpc) is 2.35. The minimum absolute atomic E-state index is 0.0458. The van der Waals surface area contributed by atoms with E-state index in [1.807, 2.05) is 4.72 Å². The van der Waals surface area contributed by atoms with E-state index in [2.05, 4.69) is 0 Å². The lowest BCUT2D eigenvalue weighted by Crippen LogP contribution is -2.28. The first kappa shape index (κ1) is 15.1. The lowest BCUT2D eigenvalue weighted by Gasteiger charge is -2.06. The first-order valence-electron chi connectivity index (χ1n) is 5.09. The summed E-state index contributed by atoms with van der Waals surface area (Å²) < 4.78 is 30.4. The first-order valence-corrected chi connectivity index (χ1v) is 6.58. The van der Waals surface area contributed by atoms with Gasteiger partial charge in [0.25, 0.3) is 0 Å². The molecule has 0 aliphatic heterocycles. The lowest BCUT2D eigenvalue weighted by atomic mass is 10.3. The van der Waals surface area contributed by atoms with Gasteiger partial charge < -0.3 is 4.74 Å². The van der Waals surface area contributed by atoms with Crippen molar-refractivity contribution in [2.24, 2.45) is 0 Å². The molecule has 0 fully saturated rings. The molecule has 0 spiro atoms. The number of carbonyl (C=O) groups is 1. The van der Waals surface area contributed by atoms with Crippen LogP contribution >= 0.6 is 0 Å². The molecule has 0 atom stereocenters. The smallest absolute Gasteiger partial charge is 0.312 e. The van der Waals surface area contributed by atoms with Crippen LogP contribution in [0.5, 0.6) is 5.75 Å². The van der Waals surface area contributed by atoms with Gasteiger partial charge in [-0.05, 0) is 19.1 Å². The Bertz CT molecular complexity index is 610. The third-order valence-corrected chi connectivity index (χ3v) is 3.57. The van der Waals surface area contributed by atoms with E-state index in [1.165, 1.54) is 20.1 Å². The van der Waals surface area contributed by atoms with Gasteiger partial charge in [0.1, 0.15) is 5.78 Å². The summed E-state index contributed by atoms with van der Waals surface area (Å²) in [5.74, 6) is -0.415. The molecule has 19 heavy (non-hydrogen) atoms. The number of methoxy groups -OCH3 is 1. The van der Waals surface area contributed by atoms with Gasteiger partial charge in [0.15, 0.2) is 5.75 Å². The molecule has 0 saturated heterocycles. The summed E-state index contributed by atoms with van der Waals surface area (Å²) in [5.41, 5.74) is -0.465. The number of hydrogen-bond donors (Lipinski definition) is 1. The van der Waals surface area contributed by atoms with Gasteiger partial charge >= 0.3 is 5.69 Å². The second-order valence-electron chi connectivity index (χ2n) is 3.62. The fourth-order valence-corrected chi connectivity index (χ4v) is 2.33. The number of carbonyl (C=O) groups excluding carboxylic acids is 1. The van der Waals surface area contributed by atoms with Gasteiger partial charge in [-0.1, -0.05) is 0 Å². The van der Waals surface area contributed by atoms with E-state index in [-0.39, 0.29) is 23.0 Å². The van der Waals surface area contributed by atoms with Crippen LogP contribution in [0, 0.1) is 10.1 Å². The molecular formula is C10H12N2O6S. The van der Waals surface area contributed by atoms with Crippen molar-refractivity contribution in [3.8, 4) is 5.75 Å². The van der Waals surface area contributed by atoms with Gasteiger partial charge in [-0.25, -0.2) is 13.1 Å². The van der Waals surface area contributed by atoms with Crippen LogP contribution in [0.25, 0.3) is 0 Å². The Morgan fingerprint density at radius 3 is 2.58 bits per heavy atom. The number of sulfonamides is 1. The number of nitro benzene ring substituents is 1. The fraction of sp³-hybridized carbons (Fsp3) is 0.300. The second kappa shape index (κ2) is 5.76. The van der Waals surface area contributed by atoms with Crippen molar-refractivity contribution in [3.63, 3.8) is 0 Å². The van der Waals surface area contributed by atoms with Crippen molar-refractivity contribution < 1.29 is 22.9 Å². The summed E-state index contributed by atoms with van der Waals surface area (Å²) in [7, 11) is -2.73. The van der Waals surface area contributed by atoms with Crippen molar-refractivity contribution >= 4 is 21.5 Å². The third-order valence-electron chi connectivity index (χ3n) is 2.17. The van der Waals surface area contributed by atoms with Crippen LogP contribution in [0.15, 0.2) is 23.1 Å². The van der Waals surface area contributed by atoms with Crippen LogP contribution in [0.4, 0.5) is 5.69 Å². The Morgan fingerprint density at radius 1 is 1.47 bits per heavy atom. The summed E-state index contributed by atoms with van der Waals surface area (Å²) in [4.78, 5) is 20.5. The van der Waals surface area contributed by atoms with E-state index in [0.29, 0.717) is 0 Å². The van der Waals surface area contributed by atoms with Crippen LogP contribution < -0.4 is 9.46 Å². The number of nitrogens with zero attached hydrogens (tertiary/aromatic N) is 1. The summed E-state index contributed by atoms with van der Waals surface area (Å²) in [6.07, 6.45) is 0. The predicted molar refractivity (Wildman–Crippen MR) is 65.5 cm³/mol. The van der Waals surface area contributed by atoms with Gasteiger partial charge in [0, 0.05) is 6.07 Å². The van der Waals surface area contributed by atoms with Crippen LogP contribution in [0.1, 0.15) is 6.92 Å². The minimum Gasteiger partial charge on any atom is -0.490 e. The maximum atomic E-state index is 11.8. The molecule has 8 nitrogen and oxygen atoms in total. The van der Waals surface area contributed by atoms with Crippen molar-refractivity contribution in [3.05, 3.63) is 28.3 Å². The van der Waals surface area contributed by atoms with Gasteiger partial charge in [-0.15, -0.1) is 0 Å². The molecule has 0 aromatic heterocycles. The van der Waals surface area contributed by atoms with Crippen LogP contribution in [-0.4, -0.2) is 32.8 Å². The summed E-state index contributed by atoms with van der Waals surface area (Å²) in [6, 6.07) is 3.22. The Balaban J connectivity index is 3.18. The molecular weight excluding hydrogens is 276 g/mol. The van der Waals surface area contributed by atoms with E-state index < -0.39 is 20.6 Å². The number of ketones is 1. The Hall–Kier alpha value is -2.00. The number of Topliss-reactive ketones (excluding diaryl/α,β-unsaturated/α-hetero) is 1. The monoisotopic (exact) mass is 288 g/mol. The highest BCUT2D eigenvalue weighted by atomic mass is 32.2. The summed E-state index contributed by atoms with van der Waals surface area (Å²) >= 11 is 0. The average molecular weight is 288 g/mol. The number of ether oxygens (including phenoxy) is 1. The van der Waals surface area contributed by atoms with Crippen LogP contribution in [0.2, 0.25) is 0 Å². The molecule has 0 amide bonds. The first-order chi connectivity index (χ1) is 8.77. The molecule has 0 aliphatic rings. The van der Waals surface area contributed by atoms with Crippen molar-refractivity contribution in [1.82, 2.24) is 4.72 Å². The largest absolute Gasteiger partial charge is 0.490 e. The zero-order valence-corrected chi connectivity index (χ0v) is 11.1. The molecule has 0 saturated carbocycles. The highest BCUT2D eigenvalue weighted by Gasteiger charge is 2.21. The molecule has 0 heterocycles. The zero-order chi connectivity index (χ0) is 14.6. The SMILES string of the molecule is COc1ccc(S(=O)(=O)NCC(C)=O)cc1[N+](=O)[O-]. The number of nitrogens with one attached hydrogen (secondary N) is 1. The van der Waals surface area contributed by atoms with Crippen molar-refractivity contribution in [1.29, 1.82) is 0 Å². The molecule has 1 rings (SSSR count). The molecule has 1 N–H and O–H groups in total. The van der Waals surface area contributed by atoms with Gasteiger partial charge in [0.05, 0.1) is 23.5 Å². The summed E-state index contributed by atoms with van der Waals surface area (Å²) in [6.45, 7) is 0.848. The Kier molecular flexibility index (Phi) is 4.57. The molecule has 1 aromatic carbocycles. The van der Waals surface area contributed by atoms with E-state index in [4.69, 9.17) is 4.74 Å². The summed E-state index contributed by atoms with van der Waals surface area (Å²) in [5, 5.41) is 10.8. The minimum atomic E-state index is -3.97. The molecule has 0 aliphatic carbocycles. The molecule has 0 unspecified atom stereocenters. The standard InChI is InChI=1S/C10H12N2O6S/c1-7(13)6-11-19(16,17)8-3-4-10(18-2)9(5-8)12(14)15/h3-5,11H,6H2,1-2H3. The van der Waals surface area contributed by atoms with Gasteiger partial charge in [0.2, 0.25) is 10.0 Å². The molecule has 9 heteroatoms. The fourth-order valence-electron chi connectivity index (χ4n) is 1.26. The topological polar surface area (TPSA) is 116 Å². The maximum absolute atomic E-state index is 11.8. The van der Waals surface area contributed by atoms with E-state index in [9.17, 15) is 23.3 Å². The number of nitro groups is 1. The number of benzene rings is 1. The second-order valence-corrected chi connectivity index (χ2v) is 5.38. The van der Waals surface area contributed by atoms with Crippen molar-refractivity contribution in [2.45, 2.75) is 11.8 Å². The van der Waals surface area contributed by atoms with E-state index in [0.717, 1.165) is 12.1 Å². The lowest BCUT2D eigenvalue weighted by molar-refractivity contribution is -0.386. The van der Waals surface area contributed by atoms with E-state index in [1.54, 1.807) is 0 Å². The number of hydrogen-bond acceptors (Lipinski definition) is 6.